The van der Waals surface area contributed by atoms with Crippen LogP contribution in [0.4, 0.5) is 0 Å². The summed E-state index contributed by atoms with van der Waals surface area (Å²) in [7, 11) is 0. The predicted molar refractivity (Wildman–Crippen MR) is 62.2 cm³/mol. The third-order valence-corrected chi connectivity index (χ3v) is 3.59. The first-order valence-corrected chi connectivity index (χ1v) is 6.42. The maximum absolute atomic E-state index is 11.7. The number of hydrogen-bond donors (Lipinski definition) is 1. The van der Waals surface area contributed by atoms with Crippen molar-refractivity contribution in [3.8, 4) is 0 Å². The Morgan fingerprint density at radius 2 is 2.06 bits per heavy atom. The molecule has 1 heterocycles. The van der Waals surface area contributed by atoms with Crippen LogP contribution in [-0.2, 0) is 9.53 Å². The van der Waals surface area contributed by atoms with Crippen molar-refractivity contribution in [2.24, 2.45) is 5.92 Å². The Bertz CT molecular complexity index is 223. The zero-order valence-corrected chi connectivity index (χ0v) is 9.91. The molecule has 1 saturated heterocycles. The van der Waals surface area contributed by atoms with Crippen LogP contribution in [0.15, 0.2) is 0 Å². The van der Waals surface area contributed by atoms with Crippen LogP contribution < -0.4 is 5.32 Å². The monoisotopic (exact) mass is 226 g/mol. The van der Waals surface area contributed by atoms with Gasteiger partial charge in [0, 0.05) is 13.1 Å². The molecule has 1 N–H and O–H groups in total. The van der Waals surface area contributed by atoms with Gasteiger partial charge < -0.3 is 15.0 Å². The van der Waals surface area contributed by atoms with E-state index in [0.29, 0.717) is 19.8 Å². The zero-order chi connectivity index (χ0) is 11.2. The number of amides is 1. The maximum Gasteiger partial charge on any atom is 0.236 e. The minimum Gasteiger partial charge on any atom is -0.378 e. The Morgan fingerprint density at radius 1 is 1.31 bits per heavy atom. The Hall–Kier alpha value is -0.610. The van der Waals surface area contributed by atoms with Gasteiger partial charge in [0.05, 0.1) is 19.8 Å². The fourth-order valence-corrected chi connectivity index (χ4v) is 2.21. The standard InChI is InChI=1S/C12H22N2O2/c15-12(14-6-8-16-9-7-14)10-13-5-4-11-2-1-3-11/h11,13H,1-10H2. The summed E-state index contributed by atoms with van der Waals surface area (Å²) in [5.41, 5.74) is 0. The molecular formula is C12H22N2O2. The topological polar surface area (TPSA) is 41.6 Å². The average molecular weight is 226 g/mol. The van der Waals surface area contributed by atoms with Crippen molar-refractivity contribution in [3.63, 3.8) is 0 Å². The highest BCUT2D eigenvalue weighted by molar-refractivity contribution is 5.78. The summed E-state index contributed by atoms with van der Waals surface area (Å²) in [6, 6.07) is 0. The minimum absolute atomic E-state index is 0.219. The number of carbonyl (C=O) groups is 1. The number of nitrogens with zero attached hydrogens (tertiary/aromatic N) is 1. The molecule has 0 radical (unpaired) electrons. The van der Waals surface area contributed by atoms with Crippen LogP contribution in [0.25, 0.3) is 0 Å². The Kier molecular flexibility index (Phi) is 4.60. The lowest BCUT2D eigenvalue weighted by Crippen LogP contribution is -2.44. The summed E-state index contributed by atoms with van der Waals surface area (Å²) in [6.45, 7) is 4.36. The summed E-state index contributed by atoms with van der Waals surface area (Å²) in [5.74, 6) is 1.14. The minimum atomic E-state index is 0.219. The quantitative estimate of drug-likeness (QED) is 0.699. The fraction of sp³-hybridized carbons (Fsp3) is 0.917. The largest absolute Gasteiger partial charge is 0.378 e. The predicted octanol–water partition coefficient (Wildman–Crippen LogP) is 0.625. The first kappa shape index (κ1) is 11.9. The SMILES string of the molecule is O=C(CNCCC1CCC1)N1CCOCC1. The van der Waals surface area contributed by atoms with Gasteiger partial charge in [-0.3, -0.25) is 4.79 Å². The second kappa shape index (κ2) is 6.21. The molecule has 1 aliphatic heterocycles. The van der Waals surface area contributed by atoms with E-state index in [-0.39, 0.29) is 5.91 Å². The van der Waals surface area contributed by atoms with Crippen molar-refractivity contribution in [2.75, 3.05) is 39.4 Å². The molecule has 2 fully saturated rings. The number of morpholine rings is 1. The number of ether oxygens (including phenoxy) is 1. The van der Waals surface area contributed by atoms with Crippen LogP contribution >= 0.6 is 0 Å². The molecular weight excluding hydrogens is 204 g/mol. The molecule has 0 unspecified atom stereocenters. The van der Waals surface area contributed by atoms with E-state index in [0.717, 1.165) is 25.6 Å². The van der Waals surface area contributed by atoms with Gasteiger partial charge in [0.25, 0.3) is 0 Å². The molecule has 0 atom stereocenters. The van der Waals surface area contributed by atoms with Crippen molar-refractivity contribution >= 4 is 5.91 Å². The molecule has 0 aromatic rings. The third kappa shape index (κ3) is 3.46. The zero-order valence-electron chi connectivity index (χ0n) is 9.91. The van der Waals surface area contributed by atoms with E-state index in [1.807, 2.05) is 4.90 Å². The number of carbonyl (C=O) groups excluding carboxylic acids is 1. The van der Waals surface area contributed by atoms with Crippen molar-refractivity contribution in [2.45, 2.75) is 25.7 Å². The molecule has 2 rings (SSSR count). The molecule has 1 aliphatic carbocycles. The lowest BCUT2D eigenvalue weighted by Gasteiger charge is -2.27. The highest BCUT2D eigenvalue weighted by atomic mass is 16.5. The molecule has 1 saturated carbocycles. The van der Waals surface area contributed by atoms with E-state index >= 15 is 0 Å². The van der Waals surface area contributed by atoms with Crippen LogP contribution in [0, 0.1) is 5.92 Å². The van der Waals surface area contributed by atoms with Crippen LogP contribution in [-0.4, -0.2) is 50.2 Å². The van der Waals surface area contributed by atoms with E-state index in [1.54, 1.807) is 0 Å². The van der Waals surface area contributed by atoms with Gasteiger partial charge in [0.15, 0.2) is 0 Å². The summed E-state index contributed by atoms with van der Waals surface area (Å²) in [5, 5.41) is 3.25. The summed E-state index contributed by atoms with van der Waals surface area (Å²) in [4.78, 5) is 13.6. The molecule has 0 aromatic heterocycles. The van der Waals surface area contributed by atoms with E-state index < -0.39 is 0 Å². The van der Waals surface area contributed by atoms with Gasteiger partial charge in [-0.05, 0) is 18.9 Å². The lowest BCUT2D eigenvalue weighted by atomic mass is 9.83. The Morgan fingerprint density at radius 3 is 2.69 bits per heavy atom. The fourth-order valence-electron chi connectivity index (χ4n) is 2.21. The van der Waals surface area contributed by atoms with Crippen molar-refractivity contribution in [3.05, 3.63) is 0 Å². The Balaban J connectivity index is 1.52. The Labute approximate surface area is 97.3 Å². The van der Waals surface area contributed by atoms with Gasteiger partial charge in [-0.1, -0.05) is 19.3 Å². The number of hydrogen-bond acceptors (Lipinski definition) is 3. The summed E-state index contributed by atoms with van der Waals surface area (Å²) >= 11 is 0. The van der Waals surface area contributed by atoms with Gasteiger partial charge in [0.2, 0.25) is 5.91 Å². The van der Waals surface area contributed by atoms with Crippen molar-refractivity contribution < 1.29 is 9.53 Å². The second-order valence-corrected chi connectivity index (χ2v) is 4.76. The number of nitrogens with one attached hydrogen (secondary N) is 1. The average Bonchev–Trinajstić information content (AvgIpc) is 2.27. The van der Waals surface area contributed by atoms with E-state index in [9.17, 15) is 4.79 Å². The molecule has 4 nitrogen and oxygen atoms in total. The van der Waals surface area contributed by atoms with Gasteiger partial charge in [-0.2, -0.15) is 0 Å². The summed E-state index contributed by atoms with van der Waals surface area (Å²) in [6.07, 6.45) is 5.41. The third-order valence-electron chi connectivity index (χ3n) is 3.59. The van der Waals surface area contributed by atoms with Crippen molar-refractivity contribution in [1.29, 1.82) is 0 Å². The molecule has 4 heteroatoms. The molecule has 0 aromatic carbocycles. The van der Waals surface area contributed by atoms with Gasteiger partial charge >= 0.3 is 0 Å². The van der Waals surface area contributed by atoms with Crippen molar-refractivity contribution in [1.82, 2.24) is 10.2 Å². The first-order valence-electron chi connectivity index (χ1n) is 6.42. The van der Waals surface area contributed by atoms with Gasteiger partial charge in [-0.15, -0.1) is 0 Å². The second-order valence-electron chi connectivity index (χ2n) is 4.76. The van der Waals surface area contributed by atoms with Crippen LogP contribution in [0.2, 0.25) is 0 Å². The van der Waals surface area contributed by atoms with Crippen LogP contribution in [0.1, 0.15) is 25.7 Å². The van der Waals surface area contributed by atoms with Gasteiger partial charge in [0.1, 0.15) is 0 Å². The number of rotatable bonds is 5. The van der Waals surface area contributed by atoms with Crippen LogP contribution in [0.5, 0.6) is 0 Å². The van der Waals surface area contributed by atoms with E-state index in [4.69, 9.17) is 4.74 Å². The molecule has 0 spiro atoms. The molecule has 16 heavy (non-hydrogen) atoms. The summed E-state index contributed by atoms with van der Waals surface area (Å²) < 4.78 is 5.21. The normalized spacial score (nSPS) is 21.9. The highest BCUT2D eigenvalue weighted by Crippen LogP contribution is 2.28. The van der Waals surface area contributed by atoms with Gasteiger partial charge in [-0.25, -0.2) is 0 Å². The molecule has 2 aliphatic rings. The maximum atomic E-state index is 11.7. The molecule has 1 amide bonds. The first-order chi connectivity index (χ1) is 7.86. The highest BCUT2D eigenvalue weighted by Gasteiger charge is 2.18. The smallest absolute Gasteiger partial charge is 0.236 e. The van der Waals surface area contributed by atoms with Crippen LogP contribution in [0.3, 0.4) is 0 Å². The lowest BCUT2D eigenvalue weighted by molar-refractivity contribution is -0.134. The molecule has 92 valence electrons. The molecule has 0 bridgehead atoms. The van der Waals surface area contributed by atoms with E-state index in [1.165, 1.54) is 25.7 Å². The van der Waals surface area contributed by atoms with E-state index in [2.05, 4.69) is 5.32 Å².